The third kappa shape index (κ3) is 10.2. The second kappa shape index (κ2) is 11.1. The molecule has 0 bridgehead atoms. The molecule has 1 aromatic rings. The van der Waals surface area contributed by atoms with Crippen LogP contribution < -0.4 is 5.32 Å². The molecule has 0 atom stereocenters. The van der Waals surface area contributed by atoms with Crippen LogP contribution in [0.15, 0.2) is 29.2 Å². The zero-order chi connectivity index (χ0) is 14.6. The van der Waals surface area contributed by atoms with Gasteiger partial charge in [0.05, 0.1) is 0 Å². The Balaban J connectivity index is 0. The zero-order valence-electron chi connectivity index (χ0n) is 12.4. The van der Waals surface area contributed by atoms with Gasteiger partial charge in [-0.25, -0.2) is 0 Å². The summed E-state index contributed by atoms with van der Waals surface area (Å²) < 4.78 is 0. The van der Waals surface area contributed by atoms with Crippen molar-refractivity contribution in [3.8, 4) is 0 Å². The van der Waals surface area contributed by atoms with E-state index in [0.29, 0.717) is 6.41 Å². The van der Waals surface area contributed by atoms with Crippen LogP contribution in [0.2, 0.25) is 0 Å². The number of carbonyl (C=O) groups excluding carboxylic acids is 1. The minimum absolute atomic E-state index is 0.251. The van der Waals surface area contributed by atoms with E-state index in [1.54, 1.807) is 0 Å². The number of amides is 1. The van der Waals surface area contributed by atoms with Gasteiger partial charge in [-0.3, -0.25) is 4.79 Å². The molecule has 0 spiro atoms. The Bertz CT molecular complexity index is 301. The summed E-state index contributed by atoms with van der Waals surface area (Å²) in [4.78, 5) is 10.3. The van der Waals surface area contributed by atoms with Crippen molar-refractivity contribution in [2.24, 2.45) is 0 Å². The molecule has 0 fully saturated rings. The van der Waals surface area contributed by atoms with Crippen molar-refractivity contribution in [1.82, 2.24) is 5.32 Å². The second-order valence-corrected chi connectivity index (χ2v) is 4.99. The highest BCUT2D eigenvalue weighted by Gasteiger charge is 2.11. The van der Waals surface area contributed by atoms with E-state index >= 15 is 0 Å². The van der Waals surface area contributed by atoms with Gasteiger partial charge in [-0.05, 0) is 30.0 Å². The molecule has 1 rings (SSSR count). The van der Waals surface area contributed by atoms with Crippen LogP contribution in [0.25, 0.3) is 0 Å². The maximum absolute atomic E-state index is 9.29. The van der Waals surface area contributed by atoms with Crippen LogP contribution in [-0.4, -0.2) is 13.0 Å². The summed E-state index contributed by atoms with van der Waals surface area (Å²) in [5.41, 5.74) is 1.61. The molecule has 0 radical (unpaired) electrons. The molecule has 18 heavy (non-hydrogen) atoms. The predicted molar refractivity (Wildman–Crippen MR) is 83.5 cm³/mol. The average Bonchev–Trinajstić information content (AvgIpc) is 2.33. The molecule has 0 aromatic heterocycles. The van der Waals surface area contributed by atoms with Gasteiger partial charge >= 0.3 is 0 Å². The quantitative estimate of drug-likeness (QED) is 0.615. The Labute approximate surface area is 118 Å². The number of nitrogens with one attached hydrogen (secondary N) is 1. The van der Waals surface area contributed by atoms with Crippen molar-refractivity contribution < 1.29 is 4.79 Å². The Morgan fingerprint density at radius 2 is 1.61 bits per heavy atom. The van der Waals surface area contributed by atoms with Gasteiger partial charge in [0.15, 0.2) is 0 Å². The van der Waals surface area contributed by atoms with Gasteiger partial charge in [0.2, 0.25) is 6.41 Å². The Morgan fingerprint density at radius 1 is 1.17 bits per heavy atom. The summed E-state index contributed by atoms with van der Waals surface area (Å²) in [6, 6.07) is 8.32. The molecular formula is C15H27NOS. The van der Waals surface area contributed by atoms with E-state index in [2.05, 4.69) is 50.8 Å². The fourth-order valence-corrected chi connectivity index (χ4v) is 1.19. The van der Waals surface area contributed by atoms with Crippen LogP contribution in [0.5, 0.6) is 0 Å². The van der Waals surface area contributed by atoms with Crippen LogP contribution in [0.1, 0.15) is 47.1 Å². The molecule has 1 amide bonds. The van der Waals surface area contributed by atoms with Gasteiger partial charge in [-0.1, -0.05) is 46.8 Å². The topological polar surface area (TPSA) is 29.1 Å². The van der Waals surface area contributed by atoms with Crippen molar-refractivity contribution >= 4 is 19.0 Å². The summed E-state index contributed by atoms with van der Waals surface area (Å²) in [5, 5.41) is 2.43. The molecule has 0 heterocycles. The Morgan fingerprint density at radius 3 is 1.83 bits per heavy atom. The lowest BCUT2D eigenvalue weighted by molar-refractivity contribution is -0.109. The minimum atomic E-state index is 0.251. The van der Waals surface area contributed by atoms with Crippen molar-refractivity contribution in [3.63, 3.8) is 0 Å². The van der Waals surface area contributed by atoms with E-state index in [4.69, 9.17) is 0 Å². The molecule has 0 aliphatic rings. The second-order valence-electron chi connectivity index (χ2n) is 4.47. The third-order valence-electron chi connectivity index (χ3n) is 2.02. The van der Waals surface area contributed by atoms with E-state index in [1.807, 2.05) is 32.9 Å². The number of thiol groups is 1. The maximum atomic E-state index is 9.29. The number of rotatable bonds is 2. The van der Waals surface area contributed by atoms with Gasteiger partial charge < -0.3 is 5.32 Å². The normalized spacial score (nSPS) is 9.28. The van der Waals surface area contributed by atoms with E-state index in [-0.39, 0.29) is 5.41 Å². The predicted octanol–water partition coefficient (Wildman–Crippen LogP) is 4.05. The Kier molecular flexibility index (Phi) is 12.0. The molecule has 2 nitrogen and oxygen atoms in total. The van der Waals surface area contributed by atoms with Gasteiger partial charge in [0.25, 0.3) is 0 Å². The number of carbonyl (C=O) groups is 1. The molecule has 1 aromatic carbocycles. The van der Waals surface area contributed by atoms with Gasteiger partial charge in [0, 0.05) is 11.4 Å². The van der Waals surface area contributed by atoms with Gasteiger partial charge in [0.1, 0.15) is 0 Å². The molecular weight excluding hydrogens is 242 g/mol. The first-order valence-electron chi connectivity index (χ1n) is 6.38. The third-order valence-corrected chi connectivity index (χ3v) is 2.32. The van der Waals surface area contributed by atoms with Crippen molar-refractivity contribution in [2.75, 3.05) is 6.54 Å². The average molecular weight is 269 g/mol. The summed E-state index contributed by atoms with van der Waals surface area (Å²) in [5.74, 6) is 0. The zero-order valence-corrected chi connectivity index (χ0v) is 13.3. The van der Waals surface area contributed by atoms with Crippen molar-refractivity contribution in [1.29, 1.82) is 0 Å². The van der Waals surface area contributed by atoms with Crippen molar-refractivity contribution in [2.45, 2.75) is 51.9 Å². The highest BCUT2D eigenvalue weighted by Crippen LogP contribution is 2.22. The van der Waals surface area contributed by atoms with Crippen LogP contribution >= 0.6 is 12.6 Å². The molecule has 0 saturated carbocycles. The fourth-order valence-electron chi connectivity index (χ4n) is 1.04. The van der Waals surface area contributed by atoms with Crippen LogP contribution in [0.3, 0.4) is 0 Å². The van der Waals surface area contributed by atoms with Gasteiger partial charge in [-0.15, -0.1) is 12.6 Å². The molecule has 0 unspecified atom stereocenters. The van der Waals surface area contributed by atoms with E-state index < -0.39 is 0 Å². The molecule has 1 N–H and O–H groups in total. The van der Waals surface area contributed by atoms with Crippen molar-refractivity contribution in [3.05, 3.63) is 29.8 Å². The largest absolute Gasteiger partial charge is 0.359 e. The maximum Gasteiger partial charge on any atom is 0.207 e. The van der Waals surface area contributed by atoms with Crippen LogP contribution in [-0.2, 0) is 10.2 Å². The highest BCUT2D eigenvalue weighted by atomic mass is 32.1. The van der Waals surface area contributed by atoms with Gasteiger partial charge in [-0.2, -0.15) is 0 Å². The van der Waals surface area contributed by atoms with E-state index in [1.165, 1.54) is 5.56 Å². The minimum Gasteiger partial charge on any atom is -0.359 e. The first-order chi connectivity index (χ1) is 8.41. The highest BCUT2D eigenvalue weighted by molar-refractivity contribution is 7.80. The van der Waals surface area contributed by atoms with E-state index in [9.17, 15) is 4.79 Å². The molecule has 0 aliphatic heterocycles. The lowest BCUT2D eigenvalue weighted by Crippen LogP contribution is -2.10. The summed E-state index contributed by atoms with van der Waals surface area (Å²) in [6.45, 7) is 13.2. The molecule has 0 saturated heterocycles. The molecule has 0 aliphatic carbocycles. The van der Waals surface area contributed by atoms with Crippen LogP contribution in [0.4, 0.5) is 0 Å². The molecule has 104 valence electrons. The summed E-state index contributed by atoms with van der Waals surface area (Å²) in [7, 11) is 0. The standard InChI is InChI=1S/C10H14S.C3H7NO.C2H6/c1-10(2,3)8-4-6-9(11)7-5-8;1-2-4-3-5;1-2/h4-7,11H,1-3H3;3H,2H2,1H3,(H,4,5);1-2H3. The lowest BCUT2D eigenvalue weighted by Gasteiger charge is -2.18. The summed E-state index contributed by atoms with van der Waals surface area (Å²) in [6.07, 6.45) is 0.681. The van der Waals surface area contributed by atoms with Crippen LogP contribution in [0, 0.1) is 0 Å². The SMILES string of the molecule is CC.CC(C)(C)c1ccc(S)cc1.CCNC=O. The fraction of sp³-hybridized carbons (Fsp3) is 0.533. The smallest absolute Gasteiger partial charge is 0.207 e. The number of benzene rings is 1. The summed E-state index contributed by atoms with van der Waals surface area (Å²) >= 11 is 4.23. The number of hydrogen-bond donors (Lipinski definition) is 2. The first-order valence-corrected chi connectivity index (χ1v) is 6.83. The number of hydrogen-bond acceptors (Lipinski definition) is 2. The first kappa shape index (κ1) is 19.4. The van der Waals surface area contributed by atoms with E-state index in [0.717, 1.165) is 11.4 Å². The molecule has 3 heteroatoms. The Hall–Kier alpha value is -0.960. The monoisotopic (exact) mass is 269 g/mol. The lowest BCUT2D eigenvalue weighted by atomic mass is 9.87.